The van der Waals surface area contributed by atoms with Gasteiger partial charge in [0.1, 0.15) is 5.60 Å². The number of rotatable bonds is 2. The minimum atomic E-state index is -0.437. The third-order valence-corrected chi connectivity index (χ3v) is 3.24. The third kappa shape index (κ3) is 4.12. The van der Waals surface area contributed by atoms with Crippen molar-refractivity contribution >= 4 is 12.2 Å². The summed E-state index contributed by atoms with van der Waals surface area (Å²) in [7, 11) is 0. The highest BCUT2D eigenvalue weighted by Crippen LogP contribution is 2.22. The van der Waals surface area contributed by atoms with Crippen molar-refractivity contribution in [1.29, 1.82) is 0 Å². The summed E-state index contributed by atoms with van der Waals surface area (Å²) in [4.78, 5) is 14.0. The van der Waals surface area contributed by atoms with Gasteiger partial charge in [0, 0.05) is 6.54 Å². The predicted molar refractivity (Wildman–Crippen MR) is 81.4 cm³/mol. The van der Waals surface area contributed by atoms with Gasteiger partial charge in [-0.25, -0.2) is 4.79 Å². The van der Waals surface area contributed by atoms with Crippen LogP contribution >= 0.6 is 0 Å². The number of nitrogens with zero attached hydrogens (tertiary/aromatic N) is 1. The van der Waals surface area contributed by atoms with Gasteiger partial charge in [0.15, 0.2) is 0 Å². The molecule has 3 nitrogen and oxygen atoms in total. The molecule has 1 atom stereocenters. The average Bonchev–Trinajstić information content (AvgIpc) is 2.84. The Morgan fingerprint density at radius 3 is 2.65 bits per heavy atom. The molecule has 20 heavy (non-hydrogen) atoms. The van der Waals surface area contributed by atoms with E-state index in [0.29, 0.717) is 0 Å². The van der Waals surface area contributed by atoms with Crippen LogP contribution in [0.1, 0.15) is 39.2 Å². The molecule has 1 saturated heterocycles. The molecule has 0 spiro atoms. The molecule has 1 amide bonds. The smallest absolute Gasteiger partial charge is 0.410 e. The number of benzene rings is 1. The van der Waals surface area contributed by atoms with Gasteiger partial charge < -0.3 is 9.64 Å². The molecule has 1 aromatic rings. The lowest BCUT2D eigenvalue weighted by molar-refractivity contribution is 0.0256. The molecule has 0 bridgehead atoms. The number of ether oxygens (including phenoxy) is 1. The molecule has 0 N–H and O–H groups in total. The van der Waals surface area contributed by atoms with Gasteiger partial charge in [0.05, 0.1) is 6.04 Å². The zero-order valence-corrected chi connectivity index (χ0v) is 12.5. The first kappa shape index (κ1) is 14.6. The minimum Gasteiger partial charge on any atom is -0.444 e. The number of carbonyl (C=O) groups excluding carboxylic acids is 1. The summed E-state index contributed by atoms with van der Waals surface area (Å²) in [5.74, 6) is 0. The maximum Gasteiger partial charge on any atom is 0.410 e. The van der Waals surface area contributed by atoms with E-state index < -0.39 is 5.60 Å². The first-order chi connectivity index (χ1) is 9.46. The van der Waals surface area contributed by atoms with Crippen LogP contribution in [-0.2, 0) is 4.74 Å². The molecule has 0 saturated carbocycles. The van der Waals surface area contributed by atoms with Crippen molar-refractivity contribution in [2.75, 3.05) is 6.54 Å². The van der Waals surface area contributed by atoms with E-state index in [1.807, 2.05) is 43.9 Å². The summed E-state index contributed by atoms with van der Waals surface area (Å²) in [6.45, 7) is 6.47. The van der Waals surface area contributed by atoms with Gasteiger partial charge in [-0.15, -0.1) is 0 Å². The van der Waals surface area contributed by atoms with Gasteiger partial charge in [-0.1, -0.05) is 42.5 Å². The first-order valence-electron chi connectivity index (χ1n) is 7.18. The first-order valence-corrected chi connectivity index (χ1v) is 7.18. The number of carbonyl (C=O) groups is 1. The van der Waals surface area contributed by atoms with Crippen molar-refractivity contribution < 1.29 is 9.53 Å². The molecule has 1 aliphatic rings. The lowest BCUT2D eigenvalue weighted by Gasteiger charge is -2.27. The molecule has 0 radical (unpaired) electrons. The van der Waals surface area contributed by atoms with E-state index in [0.717, 1.165) is 24.9 Å². The normalized spacial score (nSPS) is 19.6. The lowest BCUT2D eigenvalue weighted by atomic mass is 10.1. The highest BCUT2D eigenvalue weighted by molar-refractivity contribution is 5.69. The van der Waals surface area contributed by atoms with E-state index in [1.165, 1.54) is 0 Å². The van der Waals surface area contributed by atoms with Crippen LogP contribution in [0.3, 0.4) is 0 Å². The summed E-state index contributed by atoms with van der Waals surface area (Å²) in [6.07, 6.45) is 6.00. The van der Waals surface area contributed by atoms with E-state index in [2.05, 4.69) is 24.3 Å². The Labute approximate surface area is 121 Å². The molecule has 0 aromatic heterocycles. The molecule has 1 aromatic carbocycles. The van der Waals surface area contributed by atoms with Crippen molar-refractivity contribution in [3.05, 3.63) is 42.0 Å². The molecule has 3 heteroatoms. The van der Waals surface area contributed by atoms with Crippen molar-refractivity contribution in [1.82, 2.24) is 4.90 Å². The zero-order chi connectivity index (χ0) is 14.6. The summed E-state index contributed by atoms with van der Waals surface area (Å²) in [5, 5.41) is 0. The summed E-state index contributed by atoms with van der Waals surface area (Å²) in [6, 6.07) is 10.3. The van der Waals surface area contributed by atoms with Crippen LogP contribution in [-0.4, -0.2) is 29.2 Å². The number of amides is 1. The molecular formula is C17H23NO2. The summed E-state index contributed by atoms with van der Waals surface area (Å²) >= 11 is 0. The summed E-state index contributed by atoms with van der Waals surface area (Å²) < 4.78 is 5.46. The fourth-order valence-electron chi connectivity index (χ4n) is 2.33. The van der Waals surface area contributed by atoms with Crippen LogP contribution in [0.5, 0.6) is 0 Å². The van der Waals surface area contributed by atoms with Crippen molar-refractivity contribution in [2.24, 2.45) is 0 Å². The summed E-state index contributed by atoms with van der Waals surface area (Å²) in [5.41, 5.74) is 0.719. The largest absolute Gasteiger partial charge is 0.444 e. The quantitative estimate of drug-likeness (QED) is 0.812. The fourth-order valence-corrected chi connectivity index (χ4v) is 2.33. The molecule has 0 aliphatic carbocycles. The zero-order valence-electron chi connectivity index (χ0n) is 12.5. The van der Waals surface area contributed by atoms with Crippen LogP contribution < -0.4 is 0 Å². The molecule has 1 fully saturated rings. The second kappa shape index (κ2) is 6.12. The van der Waals surface area contributed by atoms with Crippen LogP contribution in [0, 0.1) is 0 Å². The maximum absolute atomic E-state index is 12.2. The van der Waals surface area contributed by atoms with Gasteiger partial charge in [-0.3, -0.25) is 0 Å². The Hall–Kier alpha value is -1.77. The lowest BCUT2D eigenvalue weighted by Crippen LogP contribution is -2.39. The Balaban J connectivity index is 2.01. The van der Waals surface area contributed by atoms with Crippen molar-refractivity contribution in [2.45, 2.75) is 45.3 Å². The van der Waals surface area contributed by atoms with Gasteiger partial charge in [0.2, 0.25) is 0 Å². The van der Waals surface area contributed by atoms with Gasteiger partial charge >= 0.3 is 6.09 Å². The van der Waals surface area contributed by atoms with Gasteiger partial charge in [0.25, 0.3) is 0 Å². The number of hydrogen-bond acceptors (Lipinski definition) is 2. The predicted octanol–water partition coefficient (Wildman–Crippen LogP) is 4.10. The molecule has 1 heterocycles. The Morgan fingerprint density at radius 2 is 2.00 bits per heavy atom. The third-order valence-electron chi connectivity index (χ3n) is 3.24. The topological polar surface area (TPSA) is 29.5 Å². The highest BCUT2D eigenvalue weighted by atomic mass is 16.6. The van der Waals surface area contributed by atoms with Crippen molar-refractivity contribution in [3.63, 3.8) is 0 Å². The van der Waals surface area contributed by atoms with Crippen LogP contribution in [0.2, 0.25) is 0 Å². The van der Waals surface area contributed by atoms with E-state index in [-0.39, 0.29) is 12.1 Å². The monoisotopic (exact) mass is 273 g/mol. The molecular weight excluding hydrogens is 250 g/mol. The molecule has 0 unspecified atom stereocenters. The standard InChI is InChI=1S/C17H23NO2/c1-17(2,3)20-16(19)18-13-7-10-15(18)12-11-14-8-5-4-6-9-14/h4-6,8-9,11-12,15H,7,10,13H2,1-3H3/b12-11+/t15-/m0/s1. The SMILES string of the molecule is CC(C)(C)OC(=O)N1CCC[C@H]1/C=C/c1ccccc1. The van der Waals surface area contributed by atoms with Crippen LogP contribution in [0.15, 0.2) is 36.4 Å². The van der Waals surface area contributed by atoms with E-state index in [1.54, 1.807) is 0 Å². The Bertz CT molecular complexity index is 474. The highest BCUT2D eigenvalue weighted by Gasteiger charge is 2.30. The van der Waals surface area contributed by atoms with Crippen LogP contribution in [0.25, 0.3) is 6.08 Å². The second-order valence-corrected chi connectivity index (χ2v) is 6.15. The van der Waals surface area contributed by atoms with Crippen molar-refractivity contribution in [3.8, 4) is 0 Å². The van der Waals surface area contributed by atoms with Gasteiger partial charge in [-0.2, -0.15) is 0 Å². The molecule has 108 valence electrons. The number of likely N-dealkylation sites (tertiary alicyclic amines) is 1. The Kier molecular flexibility index (Phi) is 4.48. The number of hydrogen-bond donors (Lipinski definition) is 0. The van der Waals surface area contributed by atoms with E-state index in [4.69, 9.17) is 4.74 Å². The molecule has 1 aliphatic heterocycles. The van der Waals surface area contributed by atoms with Crippen LogP contribution in [0.4, 0.5) is 4.79 Å². The minimum absolute atomic E-state index is 0.144. The van der Waals surface area contributed by atoms with E-state index >= 15 is 0 Å². The maximum atomic E-state index is 12.2. The van der Waals surface area contributed by atoms with Gasteiger partial charge in [-0.05, 0) is 39.2 Å². The second-order valence-electron chi connectivity index (χ2n) is 6.15. The Morgan fingerprint density at radius 1 is 1.30 bits per heavy atom. The van der Waals surface area contributed by atoms with E-state index in [9.17, 15) is 4.79 Å². The fraction of sp³-hybridized carbons (Fsp3) is 0.471. The molecule has 2 rings (SSSR count). The average molecular weight is 273 g/mol.